The Balaban J connectivity index is 3.20. The third-order valence-corrected chi connectivity index (χ3v) is 4.95. The second-order valence-electron chi connectivity index (χ2n) is 5.68. The summed E-state index contributed by atoms with van der Waals surface area (Å²) in [6, 6.07) is 1.54. The number of carbonyl (C=O) groups is 1. The fourth-order valence-electron chi connectivity index (χ4n) is 1.54. The topological polar surface area (TPSA) is 65.0 Å². The van der Waals surface area contributed by atoms with Crippen molar-refractivity contribution in [3.63, 3.8) is 0 Å². The van der Waals surface area contributed by atoms with Crippen LogP contribution in [0.5, 0.6) is 0 Å². The Morgan fingerprint density at radius 3 is 2.60 bits per heavy atom. The smallest absolute Gasteiger partial charge is 0.218 e. The van der Waals surface area contributed by atoms with Gasteiger partial charge < -0.3 is 9.35 Å². The van der Waals surface area contributed by atoms with Crippen LogP contribution in [0.1, 0.15) is 39.7 Å². The fraction of sp³-hybridized carbons (Fsp3) is 0.538. The van der Waals surface area contributed by atoms with E-state index < -0.39 is 27.6 Å². The van der Waals surface area contributed by atoms with Gasteiger partial charge in [0.25, 0.3) is 0 Å². The third kappa shape index (κ3) is 4.25. The maximum atomic E-state index is 13.9. The van der Waals surface area contributed by atoms with Crippen LogP contribution in [-0.4, -0.2) is 20.6 Å². The van der Waals surface area contributed by atoms with Crippen LogP contribution in [0.2, 0.25) is 0 Å². The van der Waals surface area contributed by atoms with E-state index in [1.54, 1.807) is 33.8 Å². The molecule has 20 heavy (non-hydrogen) atoms. The summed E-state index contributed by atoms with van der Waals surface area (Å²) < 4.78 is 29.1. The minimum atomic E-state index is -1.44. The number of hydrogen-bond donors (Lipinski definition) is 1. The number of pyridine rings is 1. The number of hydrogen-bond acceptors (Lipinski definition) is 4. The van der Waals surface area contributed by atoms with Crippen molar-refractivity contribution in [3.05, 3.63) is 28.2 Å². The Morgan fingerprint density at radius 2 is 2.10 bits per heavy atom. The monoisotopic (exact) mass is 364 g/mol. The van der Waals surface area contributed by atoms with Crippen LogP contribution >= 0.6 is 15.9 Å². The Bertz CT molecular complexity index is 496. The molecule has 2 atom stereocenters. The number of rotatable bonds is 5. The van der Waals surface area contributed by atoms with Gasteiger partial charge in [-0.05, 0) is 49.7 Å². The maximum absolute atomic E-state index is 13.9. The first kappa shape index (κ1) is 17.6. The predicted octanol–water partition coefficient (Wildman–Crippen LogP) is 2.84. The molecule has 0 saturated heterocycles. The second kappa shape index (κ2) is 6.51. The van der Waals surface area contributed by atoms with Crippen LogP contribution in [0.25, 0.3) is 0 Å². The molecular formula is C13H18BrFN2O2S. The highest BCUT2D eigenvalue weighted by Crippen LogP contribution is 2.30. The molecule has 1 aromatic rings. The van der Waals surface area contributed by atoms with Crippen LogP contribution in [0.15, 0.2) is 16.7 Å². The molecule has 1 aromatic heterocycles. The van der Waals surface area contributed by atoms with E-state index >= 15 is 0 Å². The van der Waals surface area contributed by atoms with Crippen LogP contribution in [-0.2, 0) is 21.7 Å². The first-order valence-corrected chi connectivity index (χ1v) is 7.99. The van der Waals surface area contributed by atoms with E-state index in [1.807, 2.05) is 0 Å². The van der Waals surface area contributed by atoms with Gasteiger partial charge in [0.15, 0.2) is 0 Å². The van der Waals surface area contributed by atoms with Gasteiger partial charge in [0, 0.05) is 34.0 Å². The summed E-state index contributed by atoms with van der Waals surface area (Å²) in [6.45, 7) is 7.03. The fourth-order valence-corrected chi connectivity index (χ4v) is 2.78. The molecule has 1 rings (SSSR count). The molecule has 0 saturated carbocycles. The molecule has 0 bridgehead atoms. The average molecular weight is 365 g/mol. The van der Waals surface area contributed by atoms with Gasteiger partial charge in [0.05, 0.1) is 5.54 Å². The largest absolute Gasteiger partial charge is 0.598 e. The van der Waals surface area contributed by atoms with Crippen LogP contribution in [0, 0.1) is 5.95 Å². The molecule has 4 nitrogen and oxygen atoms in total. The highest BCUT2D eigenvalue weighted by molar-refractivity contribution is 9.10. The quantitative estimate of drug-likeness (QED) is 0.495. The van der Waals surface area contributed by atoms with E-state index in [4.69, 9.17) is 0 Å². The van der Waals surface area contributed by atoms with Crippen molar-refractivity contribution in [2.45, 2.75) is 44.4 Å². The minimum Gasteiger partial charge on any atom is -0.598 e. The molecule has 1 heterocycles. The number of carbonyl (C=O) groups excluding carboxylic acids is 1. The van der Waals surface area contributed by atoms with Gasteiger partial charge in [-0.25, -0.2) is 4.98 Å². The van der Waals surface area contributed by atoms with Gasteiger partial charge in [-0.1, -0.05) is 0 Å². The van der Waals surface area contributed by atoms with Gasteiger partial charge in [0.2, 0.25) is 5.95 Å². The molecule has 0 aliphatic heterocycles. The molecule has 0 aromatic carbocycles. The second-order valence-corrected chi connectivity index (χ2v) is 8.56. The molecule has 0 spiro atoms. The molecular weight excluding hydrogens is 347 g/mol. The Morgan fingerprint density at radius 1 is 1.50 bits per heavy atom. The summed E-state index contributed by atoms with van der Waals surface area (Å²) in [5.41, 5.74) is -0.877. The lowest BCUT2D eigenvalue weighted by atomic mass is 9.91. The highest BCUT2D eigenvalue weighted by Gasteiger charge is 2.39. The minimum absolute atomic E-state index is 0.0100. The van der Waals surface area contributed by atoms with Crippen molar-refractivity contribution >= 4 is 33.6 Å². The summed E-state index contributed by atoms with van der Waals surface area (Å²) in [4.78, 5) is 14.6. The predicted molar refractivity (Wildman–Crippen MR) is 81.0 cm³/mol. The van der Waals surface area contributed by atoms with Crippen LogP contribution in [0.4, 0.5) is 4.39 Å². The number of nitrogens with zero attached hydrogens (tertiary/aromatic N) is 1. The van der Waals surface area contributed by atoms with Crippen molar-refractivity contribution in [2.75, 3.05) is 0 Å². The summed E-state index contributed by atoms with van der Waals surface area (Å²) in [5, 5.41) is 0. The summed E-state index contributed by atoms with van der Waals surface area (Å²) in [5.74, 6) is -0.684. The Kier molecular flexibility index (Phi) is 5.71. The van der Waals surface area contributed by atoms with Crippen molar-refractivity contribution in [3.8, 4) is 0 Å². The van der Waals surface area contributed by atoms with E-state index in [-0.39, 0.29) is 12.0 Å². The van der Waals surface area contributed by atoms with E-state index in [1.165, 1.54) is 6.20 Å². The van der Waals surface area contributed by atoms with Gasteiger partial charge in [-0.15, -0.1) is 4.72 Å². The molecule has 112 valence electrons. The van der Waals surface area contributed by atoms with E-state index in [0.29, 0.717) is 10.8 Å². The summed E-state index contributed by atoms with van der Waals surface area (Å²) in [6.07, 6.45) is 2.00. The molecule has 0 fully saturated rings. The van der Waals surface area contributed by atoms with E-state index in [0.717, 1.165) is 0 Å². The third-order valence-electron chi connectivity index (χ3n) is 2.77. The number of nitrogens with one attached hydrogen (secondary N) is 1. The highest BCUT2D eigenvalue weighted by atomic mass is 79.9. The average Bonchev–Trinajstić information content (AvgIpc) is 2.31. The lowest BCUT2D eigenvalue weighted by Crippen LogP contribution is -2.50. The van der Waals surface area contributed by atoms with Crippen LogP contribution < -0.4 is 4.72 Å². The first-order chi connectivity index (χ1) is 9.10. The van der Waals surface area contributed by atoms with Gasteiger partial charge in [-0.2, -0.15) is 4.39 Å². The number of aldehydes is 1. The molecule has 0 radical (unpaired) electrons. The Hall–Kier alpha value is -0.500. The van der Waals surface area contributed by atoms with E-state index in [9.17, 15) is 13.7 Å². The van der Waals surface area contributed by atoms with Crippen molar-refractivity contribution < 1.29 is 13.7 Å². The SMILES string of the molecule is CC(C)(C)[S@@+]([O-])N[C@@](C)(CC=O)c1cc(Br)cnc1F. The zero-order chi connectivity index (χ0) is 15.6. The first-order valence-electron chi connectivity index (χ1n) is 6.05. The van der Waals surface area contributed by atoms with Crippen molar-refractivity contribution in [2.24, 2.45) is 0 Å². The maximum Gasteiger partial charge on any atom is 0.218 e. The van der Waals surface area contributed by atoms with Crippen molar-refractivity contribution in [1.82, 2.24) is 9.71 Å². The number of aromatic nitrogens is 1. The zero-order valence-electron chi connectivity index (χ0n) is 11.9. The van der Waals surface area contributed by atoms with Gasteiger partial charge in [-0.3, -0.25) is 0 Å². The number of halogens is 2. The normalized spacial score (nSPS) is 16.6. The Labute approximate surface area is 130 Å². The molecule has 7 heteroatoms. The van der Waals surface area contributed by atoms with Crippen LogP contribution in [0.3, 0.4) is 0 Å². The van der Waals surface area contributed by atoms with Gasteiger partial charge in [0.1, 0.15) is 11.0 Å². The lowest BCUT2D eigenvalue weighted by molar-refractivity contribution is -0.108. The zero-order valence-corrected chi connectivity index (χ0v) is 14.3. The van der Waals surface area contributed by atoms with Gasteiger partial charge >= 0.3 is 0 Å². The molecule has 1 N–H and O–H groups in total. The van der Waals surface area contributed by atoms with Crippen molar-refractivity contribution in [1.29, 1.82) is 0 Å². The standard InChI is InChI=1S/C13H18BrFN2O2S/c1-12(2,3)20(19)17-13(4,5-6-18)10-7-9(14)8-16-11(10)15/h6-8,17H,5H2,1-4H3/t13-,20+/m0/s1. The van der Waals surface area contributed by atoms with E-state index in [2.05, 4.69) is 25.6 Å². The lowest BCUT2D eigenvalue weighted by Gasteiger charge is -2.34. The molecule has 0 amide bonds. The summed E-state index contributed by atoms with van der Waals surface area (Å²) in [7, 11) is 0. The molecule has 0 aliphatic rings. The molecule has 0 unspecified atom stereocenters. The summed E-state index contributed by atoms with van der Waals surface area (Å²) >= 11 is 1.78. The molecule has 0 aliphatic carbocycles.